The molecule has 0 aliphatic heterocycles. The second kappa shape index (κ2) is 4.78. The van der Waals surface area contributed by atoms with Crippen LogP contribution in [0.5, 0.6) is 0 Å². The predicted octanol–water partition coefficient (Wildman–Crippen LogP) is 2.85. The minimum atomic E-state index is 0.436. The van der Waals surface area contributed by atoms with E-state index < -0.39 is 0 Å². The maximum atomic E-state index is 4.57. The summed E-state index contributed by atoms with van der Waals surface area (Å²) in [5.74, 6) is 0.907. The van der Waals surface area contributed by atoms with Gasteiger partial charge in [-0.1, -0.05) is 35.0 Å². The normalized spacial score (nSPS) is 12.7. The summed E-state index contributed by atoms with van der Waals surface area (Å²) in [6, 6.07) is 7.91. The Hall–Kier alpha value is -1.16. The fourth-order valence-electron chi connectivity index (χ4n) is 1.60. The Bertz CT molecular complexity index is 484. The van der Waals surface area contributed by atoms with Crippen LogP contribution in [0, 0.1) is 0 Å². The zero-order chi connectivity index (χ0) is 11.5. The quantitative estimate of drug-likeness (QED) is 0.809. The highest BCUT2D eigenvalue weighted by molar-refractivity contribution is 9.09. The first-order valence-corrected chi connectivity index (χ1v) is 6.15. The van der Waals surface area contributed by atoms with E-state index in [1.165, 1.54) is 0 Å². The molecule has 4 heteroatoms. The number of anilines is 1. The molecule has 0 aliphatic rings. The number of para-hydroxylation sites is 2. The van der Waals surface area contributed by atoms with E-state index in [0.29, 0.717) is 4.83 Å². The third-order valence-corrected chi connectivity index (χ3v) is 2.64. The summed E-state index contributed by atoms with van der Waals surface area (Å²) >= 11 is 3.53. The molecule has 0 radical (unpaired) electrons. The summed E-state index contributed by atoms with van der Waals surface area (Å²) in [7, 11) is 2.02. The van der Waals surface area contributed by atoms with E-state index in [2.05, 4.69) is 37.7 Å². The lowest BCUT2D eigenvalue weighted by molar-refractivity contribution is 0.860. The van der Waals surface area contributed by atoms with Gasteiger partial charge in [-0.3, -0.25) is 4.98 Å². The highest BCUT2D eigenvalue weighted by Gasteiger charge is 2.06. The van der Waals surface area contributed by atoms with Crippen molar-refractivity contribution in [3.63, 3.8) is 0 Å². The van der Waals surface area contributed by atoms with Crippen molar-refractivity contribution in [2.24, 2.45) is 0 Å². The smallest absolute Gasteiger partial charge is 0.147 e. The summed E-state index contributed by atoms with van der Waals surface area (Å²) in [5, 5.41) is 0. The lowest BCUT2D eigenvalue weighted by Gasteiger charge is -2.19. The van der Waals surface area contributed by atoms with Crippen LogP contribution < -0.4 is 4.90 Å². The first-order valence-electron chi connectivity index (χ1n) is 5.24. The van der Waals surface area contributed by atoms with Gasteiger partial charge in [0.15, 0.2) is 0 Å². The Morgan fingerprint density at radius 3 is 2.69 bits per heavy atom. The largest absolute Gasteiger partial charge is 0.357 e. The number of hydrogen-bond acceptors (Lipinski definition) is 3. The van der Waals surface area contributed by atoms with Crippen molar-refractivity contribution < 1.29 is 0 Å². The van der Waals surface area contributed by atoms with E-state index in [0.717, 1.165) is 23.4 Å². The fraction of sp³-hybridized carbons (Fsp3) is 0.333. The standard InChI is InChI=1S/C12H14BrN3/c1-9(13)8-16(2)12-7-14-10-5-3-4-6-11(10)15-12/h3-7,9H,8H2,1-2H3. The Morgan fingerprint density at radius 1 is 1.31 bits per heavy atom. The third kappa shape index (κ3) is 2.50. The zero-order valence-electron chi connectivity index (χ0n) is 9.39. The van der Waals surface area contributed by atoms with Gasteiger partial charge in [0.2, 0.25) is 0 Å². The minimum Gasteiger partial charge on any atom is -0.357 e. The molecule has 16 heavy (non-hydrogen) atoms. The number of aromatic nitrogens is 2. The molecular formula is C12H14BrN3. The molecule has 84 valence electrons. The number of benzene rings is 1. The van der Waals surface area contributed by atoms with Gasteiger partial charge >= 0.3 is 0 Å². The van der Waals surface area contributed by atoms with Crippen molar-refractivity contribution in [2.75, 3.05) is 18.5 Å². The molecule has 0 N–H and O–H groups in total. The SMILES string of the molecule is CC(Br)CN(C)c1cnc2ccccc2n1. The van der Waals surface area contributed by atoms with Crippen LogP contribution in [-0.2, 0) is 0 Å². The van der Waals surface area contributed by atoms with Gasteiger partial charge in [0.05, 0.1) is 17.2 Å². The van der Waals surface area contributed by atoms with Crippen molar-refractivity contribution in [1.29, 1.82) is 0 Å². The maximum Gasteiger partial charge on any atom is 0.147 e. The number of halogens is 1. The van der Waals surface area contributed by atoms with Crippen molar-refractivity contribution in [3.8, 4) is 0 Å². The van der Waals surface area contributed by atoms with Crippen LogP contribution in [0.1, 0.15) is 6.92 Å². The molecule has 0 spiro atoms. The second-order valence-electron chi connectivity index (χ2n) is 3.88. The zero-order valence-corrected chi connectivity index (χ0v) is 11.0. The van der Waals surface area contributed by atoms with Crippen LogP contribution in [0.3, 0.4) is 0 Å². The van der Waals surface area contributed by atoms with Crippen molar-refractivity contribution in [3.05, 3.63) is 30.5 Å². The van der Waals surface area contributed by atoms with Crippen molar-refractivity contribution in [1.82, 2.24) is 9.97 Å². The number of alkyl halides is 1. The number of rotatable bonds is 3. The summed E-state index contributed by atoms with van der Waals surface area (Å²) in [4.78, 5) is 11.5. The molecule has 0 amide bonds. The molecule has 0 saturated carbocycles. The molecular weight excluding hydrogens is 266 g/mol. The molecule has 0 aliphatic carbocycles. The van der Waals surface area contributed by atoms with E-state index in [4.69, 9.17) is 0 Å². The molecule has 1 aromatic carbocycles. The highest BCUT2D eigenvalue weighted by Crippen LogP contribution is 2.15. The van der Waals surface area contributed by atoms with Crippen molar-refractivity contribution in [2.45, 2.75) is 11.8 Å². The third-order valence-electron chi connectivity index (χ3n) is 2.35. The van der Waals surface area contributed by atoms with E-state index in [9.17, 15) is 0 Å². The van der Waals surface area contributed by atoms with Crippen LogP contribution in [0.4, 0.5) is 5.82 Å². The van der Waals surface area contributed by atoms with Gasteiger partial charge < -0.3 is 4.90 Å². The fourth-order valence-corrected chi connectivity index (χ4v) is 2.04. The van der Waals surface area contributed by atoms with Crippen LogP contribution in [0.2, 0.25) is 0 Å². The molecule has 0 saturated heterocycles. The summed E-state index contributed by atoms with van der Waals surface area (Å²) in [6.45, 7) is 3.03. The van der Waals surface area contributed by atoms with Gasteiger partial charge in [-0.05, 0) is 12.1 Å². The van der Waals surface area contributed by atoms with Crippen LogP contribution >= 0.6 is 15.9 Å². The molecule has 0 bridgehead atoms. The Labute approximate surface area is 104 Å². The Kier molecular flexibility index (Phi) is 3.39. The molecule has 1 aromatic heterocycles. The Balaban J connectivity index is 2.32. The molecule has 2 aromatic rings. The summed E-state index contributed by atoms with van der Waals surface area (Å²) < 4.78 is 0. The molecule has 3 nitrogen and oxygen atoms in total. The second-order valence-corrected chi connectivity index (χ2v) is 5.44. The first-order chi connectivity index (χ1) is 7.66. The van der Waals surface area contributed by atoms with E-state index in [1.807, 2.05) is 37.5 Å². The van der Waals surface area contributed by atoms with E-state index >= 15 is 0 Å². The predicted molar refractivity (Wildman–Crippen MR) is 71.2 cm³/mol. The van der Waals surface area contributed by atoms with Gasteiger partial charge in [-0.25, -0.2) is 4.98 Å². The lowest BCUT2D eigenvalue weighted by Crippen LogP contribution is -2.24. The number of fused-ring (bicyclic) bond motifs is 1. The van der Waals surface area contributed by atoms with Gasteiger partial charge in [0.1, 0.15) is 5.82 Å². The monoisotopic (exact) mass is 279 g/mol. The van der Waals surface area contributed by atoms with Crippen LogP contribution in [0.15, 0.2) is 30.5 Å². The molecule has 1 heterocycles. The first kappa shape index (κ1) is 11.3. The molecule has 2 rings (SSSR count). The van der Waals surface area contributed by atoms with Gasteiger partial charge in [0.25, 0.3) is 0 Å². The summed E-state index contributed by atoms with van der Waals surface area (Å²) in [6.07, 6.45) is 1.82. The lowest BCUT2D eigenvalue weighted by atomic mass is 10.3. The average Bonchev–Trinajstić information content (AvgIpc) is 2.27. The number of nitrogens with zero attached hydrogens (tertiary/aromatic N) is 3. The van der Waals surface area contributed by atoms with Crippen LogP contribution in [-0.4, -0.2) is 28.4 Å². The maximum absolute atomic E-state index is 4.57. The van der Waals surface area contributed by atoms with Crippen molar-refractivity contribution >= 4 is 32.8 Å². The molecule has 0 fully saturated rings. The number of hydrogen-bond donors (Lipinski definition) is 0. The van der Waals surface area contributed by atoms with Crippen LogP contribution in [0.25, 0.3) is 11.0 Å². The molecule has 1 unspecified atom stereocenters. The average molecular weight is 280 g/mol. The minimum absolute atomic E-state index is 0.436. The van der Waals surface area contributed by atoms with Gasteiger partial charge in [-0.15, -0.1) is 0 Å². The topological polar surface area (TPSA) is 29.0 Å². The summed E-state index contributed by atoms with van der Waals surface area (Å²) in [5.41, 5.74) is 1.88. The van der Waals surface area contributed by atoms with E-state index in [-0.39, 0.29) is 0 Å². The highest BCUT2D eigenvalue weighted by atomic mass is 79.9. The van der Waals surface area contributed by atoms with Gasteiger partial charge in [-0.2, -0.15) is 0 Å². The molecule has 1 atom stereocenters. The van der Waals surface area contributed by atoms with E-state index in [1.54, 1.807) is 0 Å². The van der Waals surface area contributed by atoms with Gasteiger partial charge in [0, 0.05) is 18.4 Å². The Morgan fingerprint density at radius 2 is 2.00 bits per heavy atom.